The van der Waals surface area contributed by atoms with Gasteiger partial charge in [0.2, 0.25) is 0 Å². The molecule has 3 nitrogen and oxygen atoms in total. The number of aliphatic hydroxyl groups is 1. The van der Waals surface area contributed by atoms with Crippen molar-refractivity contribution in [1.29, 1.82) is 0 Å². The summed E-state index contributed by atoms with van der Waals surface area (Å²) in [6.07, 6.45) is 2.45. The molecule has 1 fully saturated rings. The highest BCUT2D eigenvalue weighted by Gasteiger charge is 2.28. The molecule has 2 rings (SSSR count). The van der Waals surface area contributed by atoms with Gasteiger partial charge in [0.05, 0.1) is 11.5 Å². The normalized spacial score (nSPS) is 20.1. The second-order valence-electron chi connectivity index (χ2n) is 5.06. The minimum absolute atomic E-state index is 0.0201. The van der Waals surface area contributed by atoms with Gasteiger partial charge in [-0.05, 0) is 18.3 Å². The number of halogens is 1. The zero-order chi connectivity index (χ0) is 11.8. The Kier molecular flexibility index (Phi) is 3.42. The van der Waals surface area contributed by atoms with E-state index in [2.05, 4.69) is 23.7 Å². The number of aromatic nitrogens is 1. The molecular formula is C11H17ClN2OS. The molecule has 1 aromatic rings. The van der Waals surface area contributed by atoms with Crippen molar-refractivity contribution in [3.63, 3.8) is 0 Å². The Balaban J connectivity index is 2.17. The number of hydrogen-bond acceptors (Lipinski definition) is 4. The fourth-order valence-electron chi connectivity index (χ4n) is 2.14. The fraction of sp³-hybridized carbons (Fsp3) is 0.727. The van der Waals surface area contributed by atoms with Gasteiger partial charge in [-0.25, -0.2) is 4.98 Å². The van der Waals surface area contributed by atoms with Crippen LogP contribution in [0.4, 0.5) is 5.13 Å². The van der Waals surface area contributed by atoms with Crippen molar-refractivity contribution < 1.29 is 5.11 Å². The summed E-state index contributed by atoms with van der Waals surface area (Å²) in [7, 11) is 0. The topological polar surface area (TPSA) is 36.4 Å². The molecular weight excluding hydrogens is 244 g/mol. The molecule has 0 atom stereocenters. The van der Waals surface area contributed by atoms with Crippen LogP contribution in [-0.2, 0) is 6.61 Å². The van der Waals surface area contributed by atoms with Crippen molar-refractivity contribution in [2.75, 3.05) is 18.0 Å². The van der Waals surface area contributed by atoms with Crippen LogP contribution < -0.4 is 4.90 Å². The van der Waals surface area contributed by atoms with Gasteiger partial charge in [-0.3, -0.25) is 0 Å². The molecule has 0 radical (unpaired) electrons. The van der Waals surface area contributed by atoms with Crippen LogP contribution in [0.15, 0.2) is 0 Å². The van der Waals surface area contributed by atoms with Gasteiger partial charge >= 0.3 is 0 Å². The molecule has 16 heavy (non-hydrogen) atoms. The molecule has 90 valence electrons. The summed E-state index contributed by atoms with van der Waals surface area (Å²) in [4.78, 5) is 7.36. The maximum Gasteiger partial charge on any atom is 0.187 e. The van der Waals surface area contributed by atoms with E-state index in [0.29, 0.717) is 10.6 Å². The molecule has 1 saturated heterocycles. The Morgan fingerprint density at radius 2 is 2.31 bits per heavy atom. The number of aliphatic hydroxyl groups excluding tert-OH is 1. The predicted octanol–water partition coefficient (Wildman–Crippen LogP) is 2.92. The zero-order valence-electron chi connectivity index (χ0n) is 9.66. The lowest BCUT2D eigenvalue weighted by molar-refractivity contribution is 0.285. The van der Waals surface area contributed by atoms with Crippen LogP contribution in [0.25, 0.3) is 0 Å². The third-order valence-electron chi connectivity index (χ3n) is 2.95. The van der Waals surface area contributed by atoms with Crippen LogP contribution in [0.1, 0.15) is 31.6 Å². The Labute approximate surface area is 105 Å². The van der Waals surface area contributed by atoms with Crippen molar-refractivity contribution in [3.05, 3.63) is 10.0 Å². The van der Waals surface area contributed by atoms with E-state index in [0.717, 1.165) is 23.1 Å². The standard InChI is InChI=1S/C11H17ClN2OS/c1-11(2)4-3-5-14(7-11)10-13-9(12)8(6-15)16-10/h15H,3-7H2,1-2H3. The molecule has 1 N–H and O–H groups in total. The van der Waals surface area contributed by atoms with Gasteiger partial charge in [0.1, 0.15) is 5.15 Å². The van der Waals surface area contributed by atoms with E-state index < -0.39 is 0 Å². The first-order chi connectivity index (χ1) is 7.52. The molecule has 0 amide bonds. The zero-order valence-corrected chi connectivity index (χ0v) is 11.2. The first-order valence-corrected chi connectivity index (χ1v) is 6.72. The Morgan fingerprint density at radius 3 is 2.88 bits per heavy atom. The summed E-state index contributed by atoms with van der Waals surface area (Å²) in [5, 5.41) is 10.5. The van der Waals surface area contributed by atoms with E-state index in [1.807, 2.05) is 0 Å². The molecule has 1 aliphatic rings. The van der Waals surface area contributed by atoms with Crippen molar-refractivity contribution in [2.24, 2.45) is 5.41 Å². The fourth-order valence-corrected chi connectivity index (χ4v) is 3.28. The van der Waals surface area contributed by atoms with Gasteiger partial charge in [-0.15, -0.1) is 0 Å². The Hall–Kier alpha value is -0.320. The highest BCUT2D eigenvalue weighted by molar-refractivity contribution is 7.16. The number of piperidine rings is 1. The number of nitrogens with zero attached hydrogens (tertiary/aromatic N) is 2. The van der Waals surface area contributed by atoms with Gasteiger partial charge in [0.15, 0.2) is 5.13 Å². The summed E-state index contributed by atoms with van der Waals surface area (Å²) in [5.41, 5.74) is 0.343. The number of hydrogen-bond donors (Lipinski definition) is 1. The SMILES string of the molecule is CC1(C)CCCN(c2nc(Cl)c(CO)s2)C1. The van der Waals surface area contributed by atoms with E-state index in [9.17, 15) is 0 Å². The third kappa shape index (κ3) is 2.50. The van der Waals surface area contributed by atoms with Crippen molar-refractivity contribution in [2.45, 2.75) is 33.3 Å². The number of thiazole rings is 1. The average molecular weight is 261 g/mol. The van der Waals surface area contributed by atoms with Crippen LogP contribution in [0.5, 0.6) is 0 Å². The first-order valence-electron chi connectivity index (χ1n) is 5.53. The number of rotatable bonds is 2. The quantitative estimate of drug-likeness (QED) is 0.888. The molecule has 2 heterocycles. The third-order valence-corrected chi connectivity index (χ3v) is 4.48. The Bertz CT molecular complexity index is 378. The first kappa shape index (κ1) is 12.1. The highest BCUT2D eigenvalue weighted by Crippen LogP contribution is 2.35. The molecule has 0 saturated carbocycles. The van der Waals surface area contributed by atoms with E-state index >= 15 is 0 Å². The molecule has 5 heteroatoms. The van der Waals surface area contributed by atoms with Crippen LogP contribution >= 0.6 is 22.9 Å². The summed E-state index contributed by atoms with van der Waals surface area (Å²) >= 11 is 7.45. The van der Waals surface area contributed by atoms with E-state index in [1.54, 1.807) is 0 Å². The second kappa shape index (κ2) is 4.51. The van der Waals surface area contributed by atoms with E-state index in [1.165, 1.54) is 24.2 Å². The second-order valence-corrected chi connectivity index (χ2v) is 6.48. The lowest BCUT2D eigenvalue weighted by atomic mass is 9.84. The highest BCUT2D eigenvalue weighted by atomic mass is 35.5. The van der Waals surface area contributed by atoms with Crippen molar-refractivity contribution in [1.82, 2.24) is 4.98 Å². The minimum atomic E-state index is -0.0201. The van der Waals surface area contributed by atoms with Crippen molar-refractivity contribution >= 4 is 28.1 Å². The summed E-state index contributed by atoms with van der Waals surface area (Å²) in [5.74, 6) is 0. The molecule has 0 aromatic carbocycles. The Morgan fingerprint density at radius 1 is 1.56 bits per heavy atom. The lowest BCUT2D eigenvalue weighted by Gasteiger charge is -2.37. The molecule has 0 aliphatic carbocycles. The van der Waals surface area contributed by atoms with Crippen LogP contribution in [0, 0.1) is 5.41 Å². The molecule has 1 aliphatic heterocycles. The van der Waals surface area contributed by atoms with Crippen LogP contribution in [-0.4, -0.2) is 23.2 Å². The van der Waals surface area contributed by atoms with Crippen LogP contribution in [0.3, 0.4) is 0 Å². The summed E-state index contributed by atoms with van der Waals surface area (Å²) in [6, 6.07) is 0. The van der Waals surface area contributed by atoms with E-state index in [-0.39, 0.29) is 6.61 Å². The molecule has 1 aromatic heterocycles. The maximum absolute atomic E-state index is 9.10. The monoisotopic (exact) mass is 260 g/mol. The average Bonchev–Trinajstić information content (AvgIpc) is 2.58. The van der Waals surface area contributed by atoms with Gasteiger partial charge in [0, 0.05) is 13.1 Å². The molecule has 0 spiro atoms. The lowest BCUT2D eigenvalue weighted by Crippen LogP contribution is -2.40. The van der Waals surface area contributed by atoms with Gasteiger partial charge < -0.3 is 10.0 Å². The molecule has 0 bridgehead atoms. The van der Waals surface area contributed by atoms with Gasteiger partial charge in [-0.2, -0.15) is 0 Å². The summed E-state index contributed by atoms with van der Waals surface area (Å²) < 4.78 is 0. The van der Waals surface area contributed by atoms with E-state index in [4.69, 9.17) is 16.7 Å². The van der Waals surface area contributed by atoms with Gasteiger partial charge in [0.25, 0.3) is 0 Å². The maximum atomic E-state index is 9.10. The number of anilines is 1. The minimum Gasteiger partial charge on any atom is -0.391 e. The summed E-state index contributed by atoms with van der Waals surface area (Å²) in [6.45, 7) is 6.59. The predicted molar refractivity (Wildman–Crippen MR) is 68.3 cm³/mol. The largest absolute Gasteiger partial charge is 0.391 e. The van der Waals surface area contributed by atoms with Crippen molar-refractivity contribution in [3.8, 4) is 0 Å². The van der Waals surface area contributed by atoms with Crippen LogP contribution in [0.2, 0.25) is 5.15 Å². The molecule has 0 unspecified atom stereocenters. The van der Waals surface area contributed by atoms with Gasteiger partial charge in [-0.1, -0.05) is 36.8 Å². The smallest absolute Gasteiger partial charge is 0.187 e.